The van der Waals surface area contributed by atoms with Crippen LogP contribution in [0.2, 0.25) is 10.0 Å². The lowest BCUT2D eigenvalue weighted by atomic mass is 10.1. The summed E-state index contributed by atoms with van der Waals surface area (Å²) in [5.74, 6) is 1.20. The summed E-state index contributed by atoms with van der Waals surface area (Å²) < 4.78 is 5.74. The van der Waals surface area contributed by atoms with Crippen LogP contribution in [0.4, 0.5) is 0 Å². The Labute approximate surface area is 145 Å². The topological polar surface area (TPSA) is 38.3 Å². The predicted octanol–water partition coefficient (Wildman–Crippen LogP) is 5.33. The van der Waals surface area contributed by atoms with Crippen molar-refractivity contribution in [2.75, 3.05) is 6.54 Å². The van der Waals surface area contributed by atoms with Crippen LogP contribution < -0.4 is 10.1 Å². The minimum Gasteiger partial charge on any atom is -0.456 e. The van der Waals surface area contributed by atoms with Gasteiger partial charge in [-0.15, -0.1) is 0 Å². The van der Waals surface area contributed by atoms with Crippen LogP contribution >= 0.6 is 23.2 Å². The average molecular weight is 350 g/mol. The second-order valence-corrected chi connectivity index (χ2v) is 5.87. The molecule has 2 rings (SSSR count). The normalized spacial score (nSPS) is 11.2. The fourth-order valence-corrected chi connectivity index (χ4v) is 2.38. The van der Waals surface area contributed by atoms with E-state index in [-0.39, 0.29) is 5.91 Å². The molecule has 0 saturated heterocycles. The summed E-state index contributed by atoms with van der Waals surface area (Å²) in [5, 5.41) is 3.77. The lowest BCUT2D eigenvalue weighted by Gasteiger charge is -2.09. The van der Waals surface area contributed by atoms with E-state index in [0.717, 1.165) is 11.1 Å². The van der Waals surface area contributed by atoms with E-state index in [1.54, 1.807) is 18.2 Å². The highest BCUT2D eigenvalue weighted by atomic mass is 35.5. The minimum absolute atomic E-state index is 0.0439. The molecule has 0 heterocycles. The van der Waals surface area contributed by atoms with Crippen molar-refractivity contribution in [1.82, 2.24) is 5.32 Å². The van der Waals surface area contributed by atoms with Crippen LogP contribution in [0, 0.1) is 0 Å². The second kappa shape index (κ2) is 8.04. The molecule has 1 N–H and O–H groups in total. The van der Waals surface area contributed by atoms with Crippen molar-refractivity contribution >= 4 is 34.7 Å². The van der Waals surface area contributed by atoms with E-state index in [2.05, 4.69) is 5.32 Å². The molecule has 23 heavy (non-hydrogen) atoms. The van der Waals surface area contributed by atoms with Crippen LogP contribution in [-0.4, -0.2) is 12.5 Å². The molecule has 0 aliphatic heterocycles. The quantitative estimate of drug-likeness (QED) is 0.792. The van der Waals surface area contributed by atoms with Gasteiger partial charge in [-0.2, -0.15) is 0 Å². The van der Waals surface area contributed by atoms with Gasteiger partial charge in [-0.1, -0.05) is 41.4 Å². The van der Waals surface area contributed by atoms with E-state index in [1.807, 2.05) is 37.3 Å². The third kappa shape index (κ3) is 5.31. The van der Waals surface area contributed by atoms with Crippen molar-refractivity contribution in [3.8, 4) is 11.5 Å². The van der Waals surface area contributed by atoms with Crippen LogP contribution in [0.5, 0.6) is 11.5 Å². The Morgan fingerprint density at radius 3 is 2.43 bits per heavy atom. The van der Waals surface area contributed by atoms with Crippen LogP contribution in [0.3, 0.4) is 0 Å². The van der Waals surface area contributed by atoms with Gasteiger partial charge in [0, 0.05) is 18.5 Å². The van der Waals surface area contributed by atoms with E-state index in [9.17, 15) is 4.79 Å². The number of carbonyl (C=O) groups excluding carboxylic acids is 1. The molecule has 0 radical (unpaired) electrons. The number of hydrogen-bond acceptors (Lipinski definition) is 2. The molecule has 2 aromatic rings. The first-order chi connectivity index (χ1) is 11.0. The number of hydrogen-bond donors (Lipinski definition) is 1. The number of carbonyl (C=O) groups is 1. The molecule has 0 fully saturated rings. The minimum atomic E-state index is -0.0439. The van der Waals surface area contributed by atoms with Gasteiger partial charge in [-0.05, 0) is 48.4 Å². The number of ether oxygens (including phenoxy) is 1. The van der Waals surface area contributed by atoms with Gasteiger partial charge in [-0.25, -0.2) is 0 Å². The Kier molecular flexibility index (Phi) is 6.08. The predicted molar refractivity (Wildman–Crippen MR) is 95.3 cm³/mol. The molecule has 0 atom stereocenters. The summed E-state index contributed by atoms with van der Waals surface area (Å²) in [5.41, 5.74) is 2.14. The number of rotatable bonds is 5. The van der Waals surface area contributed by atoms with Crippen molar-refractivity contribution in [1.29, 1.82) is 0 Å². The third-order valence-electron chi connectivity index (χ3n) is 3.19. The third-order valence-corrected chi connectivity index (χ3v) is 3.72. The molecule has 0 aliphatic rings. The zero-order valence-corrected chi connectivity index (χ0v) is 14.4. The first-order valence-electron chi connectivity index (χ1n) is 7.10. The summed E-state index contributed by atoms with van der Waals surface area (Å²) in [7, 11) is 0. The number of amides is 1. The van der Waals surface area contributed by atoms with E-state index in [1.165, 1.54) is 6.92 Å². The van der Waals surface area contributed by atoms with Crippen molar-refractivity contribution in [2.24, 2.45) is 0 Å². The average Bonchev–Trinajstić information content (AvgIpc) is 2.50. The monoisotopic (exact) mass is 349 g/mol. The number of nitrogens with one attached hydrogen (secondary N) is 1. The van der Waals surface area contributed by atoms with Gasteiger partial charge in [0.1, 0.15) is 11.5 Å². The standard InChI is InChI=1S/C18H17Cl2NO2/c1-12(9-10-21-13(2)22)14-3-6-16(7-4-14)23-18-8-5-15(19)11-17(18)20/h3-9,11H,10H2,1-2H3,(H,21,22). The molecule has 0 saturated carbocycles. The molecule has 1 amide bonds. The lowest BCUT2D eigenvalue weighted by Crippen LogP contribution is -2.19. The van der Waals surface area contributed by atoms with Gasteiger partial charge >= 0.3 is 0 Å². The molecule has 3 nitrogen and oxygen atoms in total. The lowest BCUT2D eigenvalue weighted by molar-refractivity contribution is -0.118. The van der Waals surface area contributed by atoms with Crippen molar-refractivity contribution in [3.05, 3.63) is 64.1 Å². The fraction of sp³-hybridized carbons (Fsp3) is 0.167. The first-order valence-corrected chi connectivity index (χ1v) is 7.86. The highest BCUT2D eigenvalue weighted by molar-refractivity contribution is 6.35. The van der Waals surface area contributed by atoms with Crippen molar-refractivity contribution < 1.29 is 9.53 Å². The van der Waals surface area contributed by atoms with E-state index >= 15 is 0 Å². The summed E-state index contributed by atoms with van der Waals surface area (Å²) >= 11 is 12.0. The molecular formula is C18H17Cl2NO2. The summed E-state index contributed by atoms with van der Waals surface area (Å²) in [6.45, 7) is 4.00. The Hall–Kier alpha value is -1.97. The maximum Gasteiger partial charge on any atom is 0.217 e. The van der Waals surface area contributed by atoms with Crippen molar-refractivity contribution in [3.63, 3.8) is 0 Å². The van der Waals surface area contributed by atoms with Crippen LogP contribution in [-0.2, 0) is 4.79 Å². The van der Waals surface area contributed by atoms with E-state index in [4.69, 9.17) is 27.9 Å². The van der Waals surface area contributed by atoms with Gasteiger partial charge < -0.3 is 10.1 Å². The fourth-order valence-electron chi connectivity index (χ4n) is 1.94. The van der Waals surface area contributed by atoms with Gasteiger partial charge in [0.15, 0.2) is 0 Å². The summed E-state index contributed by atoms with van der Waals surface area (Å²) in [6.07, 6.45) is 1.97. The maximum atomic E-state index is 10.9. The molecule has 0 unspecified atom stereocenters. The summed E-state index contributed by atoms with van der Waals surface area (Å²) in [6, 6.07) is 12.8. The molecule has 120 valence electrons. The van der Waals surface area contributed by atoms with Gasteiger partial charge in [-0.3, -0.25) is 4.79 Å². The highest BCUT2D eigenvalue weighted by Crippen LogP contribution is 2.31. The smallest absolute Gasteiger partial charge is 0.217 e. The van der Waals surface area contributed by atoms with Gasteiger partial charge in [0.25, 0.3) is 0 Å². The Balaban J connectivity index is 2.05. The molecule has 2 aromatic carbocycles. The van der Waals surface area contributed by atoms with Crippen LogP contribution in [0.25, 0.3) is 5.57 Å². The Bertz CT molecular complexity index is 724. The maximum absolute atomic E-state index is 10.9. The second-order valence-electron chi connectivity index (χ2n) is 5.03. The molecule has 0 spiro atoms. The SMILES string of the molecule is CC(=O)NCC=C(C)c1ccc(Oc2ccc(Cl)cc2Cl)cc1. The van der Waals surface area contributed by atoms with Gasteiger partial charge in [0.05, 0.1) is 5.02 Å². The largest absolute Gasteiger partial charge is 0.456 e. The molecular weight excluding hydrogens is 333 g/mol. The number of halogens is 2. The molecule has 0 aromatic heterocycles. The van der Waals surface area contributed by atoms with E-state index < -0.39 is 0 Å². The highest BCUT2D eigenvalue weighted by Gasteiger charge is 2.04. The van der Waals surface area contributed by atoms with Crippen molar-refractivity contribution in [2.45, 2.75) is 13.8 Å². The molecule has 0 bridgehead atoms. The zero-order chi connectivity index (χ0) is 16.8. The Morgan fingerprint density at radius 1 is 1.13 bits per heavy atom. The van der Waals surface area contributed by atoms with E-state index in [0.29, 0.717) is 28.1 Å². The number of allylic oxidation sites excluding steroid dienone is 1. The zero-order valence-electron chi connectivity index (χ0n) is 12.9. The first kappa shape index (κ1) is 17.4. The summed E-state index contributed by atoms with van der Waals surface area (Å²) in [4.78, 5) is 10.9. The van der Waals surface area contributed by atoms with Gasteiger partial charge in [0.2, 0.25) is 5.91 Å². The van der Waals surface area contributed by atoms with Crippen LogP contribution in [0.15, 0.2) is 48.5 Å². The Morgan fingerprint density at radius 2 is 1.83 bits per heavy atom. The molecule has 5 heteroatoms. The van der Waals surface area contributed by atoms with Crippen LogP contribution in [0.1, 0.15) is 19.4 Å². The number of benzene rings is 2. The molecule has 0 aliphatic carbocycles.